The van der Waals surface area contributed by atoms with Crippen LogP contribution < -0.4 is 0 Å². The lowest BCUT2D eigenvalue weighted by Crippen LogP contribution is -1.95. The highest BCUT2D eigenvalue weighted by Crippen LogP contribution is 2.26. The van der Waals surface area contributed by atoms with E-state index >= 15 is 0 Å². The van der Waals surface area contributed by atoms with E-state index in [0.29, 0.717) is 5.69 Å². The number of aromatic carboxylic acids is 1. The Morgan fingerprint density at radius 1 is 1.57 bits per heavy atom. The third-order valence-electron chi connectivity index (χ3n) is 1.74. The summed E-state index contributed by atoms with van der Waals surface area (Å²) in [6.45, 7) is 1.87. The molecule has 14 heavy (non-hydrogen) atoms. The van der Waals surface area contributed by atoms with Gasteiger partial charge in [0, 0.05) is 6.20 Å². The maximum absolute atomic E-state index is 10.8. The maximum Gasteiger partial charge on any atom is 0.339 e. The molecule has 0 amide bonds. The maximum atomic E-state index is 10.8. The number of hydrogen-bond acceptors (Lipinski definition) is 4. The van der Waals surface area contributed by atoms with Crippen LogP contribution in [0.4, 0.5) is 0 Å². The number of H-pyrrole nitrogens is 1. The van der Waals surface area contributed by atoms with Gasteiger partial charge in [0.1, 0.15) is 5.56 Å². The zero-order valence-electron chi connectivity index (χ0n) is 7.31. The van der Waals surface area contributed by atoms with Gasteiger partial charge in [-0.2, -0.15) is 5.10 Å². The highest BCUT2D eigenvalue weighted by Gasteiger charge is 2.15. The van der Waals surface area contributed by atoms with Crippen LogP contribution in [0.2, 0.25) is 0 Å². The Hall–Kier alpha value is -1.69. The van der Waals surface area contributed by atoms with Crippen LogP contribution in [0.3, 0.4) is 0 Å². The molecule has 2 aromatic rings. The number of aryl methyl sites for hydroxylation is 1. The van der Waals surface area contributed by atoms with Crippen molar-refractivity contribution in [2.75, 3.05) is 0 Å². The fourth-order valence-electron chi connectivity index (χ4n) is 1.11. The summed E-state index contributed by atoms with van der Waals surface area (Å²) in [5.41, 5.74) is 0.691. The van der Waals surface area contributed by atoms with Crippen molar-refractivity contribution >= 4 is 17.3 Å². The Balaban J connectivity index is 2.51. The van der Waals surface area contributed by atoms with Gasteiger partial charge in [-0.25, -0.2) is 9.78 Å². The Morgan fingerprint density at radius 3 is 2.93 bits per heavy atom. The number of carboxylic acids is 1. The van der Waals surface area contributed by atoms with Gasteiger partial charge in [-0.1, -0.05) is 0 Å². The van der Waals surface area contributed by atoms with Gasteiger partial charge >= 0.3 is 5.97 Å². The molecular formula is C8H7N3O2S. The number of aromatic nitrogens is 3. The van der Waals surface area contributed by atoms with E-state index in [4.69, 9.17) is 5.11 Å². The van der Waals surface area contributed by atoms with Crippen molar-refractivity contribution in [1.82, 2.24) is 15.2 Å². The average molecular weight is 209 g/mol. The normalized spacial score (nSPS) is 10.4. The minimum atomic E-state index is -0.986. The molecular weight excluding hydrogens is 202 g/mol. The first-order valence-electron chi connectivity index (χ1n) is 3.88. The number of rotatable bonds is 2. The predicted molar refractivity (Wildman–Crippen MR) is 51.4 cm³/mol. The topological polar surface area (TPSA) is 78.9 Å². The summed E-state index contributed by atoms with van der Waals surface area (Å²) >= 11 is 1.43. The summed E-state index contributed by atoms with van der Waals surface area (Å²) in [5, 5.41) is 16.1. The first-order valence-corrected chi connectivity index (χ1v) is 4.69. The summed E-state index contributed by atoms with van der Waals surface area (Å²) in [7, 11) is 0. The highest BCUT2D eigenvalue weighted by atomic mass is 32.1. The number of thiazole rings is 1. The Kier molecular flexibility index (Phi) is 2.05. The van der Waals surface area contributed by atoms with E-state index in [-0.39, 0.29) is 5.56 Å². The molecule has 2 rings (SSSR count). The number of carboxylic acid groups (broad SMARTS) is 1. The van der Waals surface area contributed by atoms with Gasteiger partial charge in [-0.15, -0.1) is 11.3 Å². The average Bonchev–Trinajstić information content (AvgIpc) is 2.70. The smallest absolute Gasteiger partial charge is 0.339 e. The summed E-state index contributed by atoms with van der Waals surface area (Å²) in [6, 6.07) is 0. The van der Waals surface area contributed by atoms with Crippen LogP contribution in [0, 0.1) is 6.92 Å². The summed E-state index contributed by atoms with van der Waals surface area (Å²) < 4.78 is 0. The van der Waals surface area contributed by atoms with E-state index in [1.807, 2.05) is 6.92 Å². The number of hydrogen-bond donors (Lipinski definition) is 2. The van der Waals surface area contributed by atoms with Crippen molar-refractivity contribution in [3.8, 4) is 10.6 Å². The fourth-order valence-corrected chi connectivity index (χ4v) is 1.90. The molecule has 0 fully saturated rings. The molecule has 0 saturated heterocycles. The lowest BCUT2D eigenvalue weighted by atomic mass is 10.2. The first kappa shape index (κ1) is 8.89. The number of aromatic amines is 1. The quantitative estimate of drug-likeness (QED) is 0.786. The van der Waals surface area contributed by atoms with E-state index in [0.717, 1.165) is 9.88 Å². The molecule has 0 radical (unpaired) electrons. The molecule has 0 aromatic carbocycles. The first-order chi connectivity index (χ1) is 6.68. The standard InChI is InChI=1S/C8H7N3O2S/c1-4-9-3-6(14-4)7-5(8(12)13)2-10-11-7/h2-3H,1H3,(H,10,11)(H,12,13). The summed E-state index contributed by atoms with van der Waals surface area (Å²) in [5.74, 6) is -0.986. The van der Waals surface area contributed by atoms with E-state index in [1.165, 1.54) is 17.5 Å². The Morgan fingerprint density at radius 2 is 2.36 bits per heavy atom. The molecule has 0 aliphatic heterocycles. The van der Waals surface area contributed by atoms with Gasteiger partial charge in [-0.05, 0) is 6.92 Å². The lowest BCUT2D eigenvalue weighted by molar-refractivity contribution is 0.0698. The molecule has 5 nitrogen and oxygen atoms in total. The predicted octanol–water partition coefficient (Wildman–Crippen LogP) is 1.54. The van der Waals surface area contributed by atoms with Gasteiger partial charge in [0.05, 0.1) is 21.8 Å². The molecule has 72 valence electrons. The summed E-state index contributed by atoms with van der Waals surface area (Å²) in [6.07, 6.45) is 2.94. The molecule has 2 aromatic heterocycles. The van der Waals surface area contributed by atoms with Crippen molar-refractivity contribution in [3.05, 3.63) is 23.0 Å². The molecule has 6 heteroatoms. The third-order valence-corrected chi connectivity index (χ3v) is 2.67. The van der Waals surface area contributed by atoms with Crippen LogP contribution in [0.15, 0.2) is 12.4 Å². The molecule has 0 unspecified atom stereocenters. The van der Waals surface area contributed by atoms with Crippen LogP contribution in [0.25, 0.3) is 10.6 Å². The van der Waals surface area contributed by atoms with Gasteiger partial charge < -0.3 is 5.11 Å². The zero-order chi connectivity index (χ0) is 10.1. The van der Waals surface area contributed by atoms with Crippen molar-refractivity contribution in [1.29, 1.82) is 0 Å². The second-order valence-corrected chi connectivity index (χ2v) is 3.94. The number of nitrogens with zero attached hydrogens (tertiary/aromatic N) is 2. The monoisotopic (exact) mass is 209 g/mol. The minimum absolute atomic E-state index is 0.175. The van der Waals surface area contributed by atoms with Gasteiger partial charge in [0.2, 0.25) is 0 Å². The molecule has 2 N–H and O–H groups in total. The lowest BCUT2D eigenvalue weighted by Gasteiger charge is -1.92. The van der Waals surface area contributed by atoms with Crippen molar-refractivity contribution < 1.29 is 9.90 Å². The van der Waals surface area contributed by atoms with Crippen LogP contribution in [-0.4, -0.2) is 26.3 Å². The fraction of sp³-hybridized carbons (Fsp3) is 0.125. The van der Waals surface area contributed by atoms with Gasteiger partial charge in [0.15, 0.2) is 0 Å². The van der Waals surface area contributed by atoms with Crippen LogP contribution in [-0.2, 0) is 0 Å². The van der Waals surface area contributed by atoms with Gasteiger partial charge in [0.25, 0.3) is 0 Å². The molecule has 0 saturated carbocycles. The molecule has 0 aliphatic carbocycles. The molecule has 2 heterocycles. The third kappa shape index (κ3) is 1.39. The van der Waals surface area contributed by atoms with Crippen molar-refractivity contribution in [2.24, 2.45) is 0 Å². The second kappa shape index (κ2) is 3.22. The molecule has 0 aliphatic rings. The molecule has 0 spiro atoms. The number of carbonyl (C=O) groups is 1. The Labute approximate surface area is 83.4 Å². The van der Waals surface area contributed by atoms with Crippen LogP contribution >= 0.6 is 11.3 Å². The van der Waals surface area contributed by atoms with E-state index < -0.39 is 5.97 Å². The van der Waals surface area contributed by atoms with E-state index in [9.17, 15) is 4.79 Å². The molecule has 0 atom stereocenters. The van der Waals surface area contributed by atoms with Crippen molar-refractivity contribution in [2.45, 2.75) is 6.92 Å². The largest absolute Gasteiger partial charge is 0.478 e. The zero-order valence-corrected chi connectivity index (χ0v) is 8.13. The SMILES string of the molecule is Cc1ncc(-c2[nH]ncc2C(=O)O)s1. The van der Waals surface area contributed by atoms with E-state index in [1.54, 1.807) is 6.20 Å². The van der Waals surface area contributed by atoms with Crippen LogP contribution in [0.5, 0.6) is 0 Å². The van der Waals surface area contributed by atoms with Crippen molar-refractivity contribution in [3.63, 3.8) is 0 Å². The molecule has 0 bridgehead atoms. The minimum Gasteiger partial charge on any atom is -0.478 e. The van der Waals surface area contributed by atoms with E-state index in [2.05, 4.69) is 15.2 Å². The van der Waals surface area contributed by atoms with Gasteiger partial charge in [-0.3, -0.25) is 5.10 Å². The second-order valence-electron chi connectivity index (χ2n) is 2.71. The van der Waals surface area contributed by atoms with Crippen LogP contribution in [0.1, 0.15) is 15.4 Å². The number of nitrogens with one attached hydrogen (secondary N) is 1. The Bertz CT molecular complexity index is 474. The summed E-state index contributed by atoms with van der Waals surface area (Å²) in [4.78, 5) is 15.6. The highest BCUT2D eigenvalue weighted by molar-refractivity contribution is 7.15.